The van der Waals surface area contributed by atoms with E-state index in [0.29, 0.717) is 0 Å². The van der Waals surface area contributed by atoms with Crippen LogP contribution in [0, 0.1) is 0 Å². The molecule has 0 atom stereocenters. The average Bonchev–Trinajstić information content (AvgIpc) is 2.32. The topological polar surface area (TPSA) is 54.4 Å². The van der Waals surface area contributed by atoms with Crippen LogP contribution >= 0.6 is 0 Å². The molecule has 3 nitrogen and oxygen atoms in total. The van der Waals surface area contributed by atoms with Gasteiger partial charge in [0, 0.05) is 6.42 Å². The van der Waals surface area contributed by atoms with Crippen LogP contribution in [0.15, 0.2) is 0 Å². The second-order valence-electron chi connectivity index (χ2n) is 4.71. The van der Waals surface area contributed by atoms with Crippen molar-refractivity contribution in [3.8, 4) is 0 Å². The molecular formula is C8H5F11O3S. The molecule has 138 valence electrons. The Morgan fingerprint density at radius 1 is 0.609 bits per heavy atom. The van der Waals surface area contributed by atoms with Crippen LogP contribution in [-0.2, 0) is 10.1 Å². The minimum Gasteiger partial charge on any atom is -0.286 e. The molecule has 0 spiro atoms. The lowest BCUT2D eigenvalue weighted by Gasteiger charge is -2.52. The summed E-state index contributed by atoms with van der Waals surface area (Å²) in [6.45, 7) is 0. The zero-order chi connectivity index (χ0) is 18.9. The fourth-order valence-electron chi connectivity index (χ4n) is 1.87. The summed E-state index contributed by atoms with van der Waals surface area (Å²) < 4.78 is 173. The van der Waals surface area contributed by atoms with Gasteiger partial charge in [-0.05, 0) is 0 Å². The molecule has 0 aliphatic heterocycles. The number of halogens is 11. The van der Waals surface area contributed by atoms with Gasteiger partial charge in [-0.15, -0.1) is 0 Å². The molecule has 15 heteroatoms. The Kier molecular flexibility index (Phi) is 4.04. The lowest BCUT2D eigenvalue weighted by atomic mass is 9.71. The maximum atomic E-state index is 13.8. The first-order valence-electron chi connectivity index (χ1n) is 5.24. The third-order valence-corrected chi connectivity index (χ3v) is 4.00. The molecule has 0 saturated heterocycles. The first-order chi connectivity index (χ1) is 9.71. The van der Waals surface area contributed by atoms with Crippen LogP contribution < -0.4 is 0 Å². The second kappa shape index (κ2) is 4.61. The number of hydrogen-bond donors (Lipinski definition) is 1. The second-order valence-corrected chi connectivity index (χ2v) is 6.28. The van der Waals surface area contributed by atoms with Gasteiger partial charge in [0.1, 0.15) is 0 Å². The van der Waals surface area contributed by atoms with Crippen molar-refractivity contribution in [2.45, 2.75) is 41.7 Å². The molecule has 0 aromatic rings. The Balaban J connectivity index is 3.68. The Hall–Kier alpha value is -0.860. The fourth-order valence-corrected chi connectivity index (χ4v) is 2.41. The van der Waals surface area contributed by atoms with E-state index in [0.717, 1.165) is 0 Å². The highest BCUT2D eigenvalue weighted by atomic mass is 32.2. The van der Waals surface area contributed by atoms with Gasteiger partial charge < -0.3 is 0 Å². The molecule has 1 rings (SSSR count). The maximum Gasteiger partial charge on any atom is 0.384 e. The summed E-state index contributed by atoms with van der Waals surface area (Å²) in [5, 5.41) is 0. The van der Waals surface area contributed by atoms with Crippen LogP contribution in [0.4, 0.5) is 48.3 Å². The van der Waals surface area contributed by atoms with E-state index in [4.69, 9.17) is 4.55 Å². The van der Waals surface area contributed by atoms with Gasteiger partial charge in [0.15, 0.2) is 0 Å². The van der Waals surface area contributed by atoms with Gasteiger partial charge >= 0.3 is 29.6 Å². The van der Waals surface area contributed by atoms with E-state index in [1.807, 2.05) is 0 Å². The first-order valence-corrected chi connectivity index (χ1v) is 6.85. The van der Waals surface area contributed by atoms with Crippen molar-refractivity contribution in [2.24, 2.45) is 0 Å². The van der Waals surface area contributed by atoms with E-state index in [2.05, 4.69) is 0 Å². The van der Waals surface area contributed by atoms with Crippen molar-refractivity contribution in [3.05, 3.63) is 0 Å². The summed E-state index contributed by atoms with van der Waals surface area (Å²) >= 11 is 0. The quantitative estimate of drug-likeness (QED) is 0.595. The molecule has 1 aliphatic rings. The van der Waals surface area contributed by atoms with Crippen LogP contribution in [-0.4, -0.2) is 54.0 Å². The molecule has 0 bridgehead atoms. The van der Waals surface area contributed by atoms with E-state index in [1.54, 1.807) is 0 Å². The van der Waals surface area contributed by atoms with E-state index >= 15 is 0 Å². The average molecular weight is 390 g/mol. The molecule has 1 saturated carbocycles. The lowest BCUT2D eigenvalue weighted by Crippen LogP contribution is -2.83. The van der Waals surface area contributed by atoms with Crippen LogP contribution in [0.5, 0.6) is 0 Å². The van der Waals surface area contributed by atoms with Crippen molar-refractivity contribution >= 4 is 10.1 Å². The van der Waals surface area contributed by atoms with Gasteiger partial charge in [0.05, 0.1) is 5.75 Å². The molecule has 23 heavy (non-hydrogen) atoms. The fraction of sp³-hybridized carbons (Fsp3) is 1.00. The minimum atomic E-state index is -7.35. The van der Waals surface area contributed by atoms with E-state index < -0.39 is 57.6 Å². The molecule has 1 aliphatic carbocycles. The third kappa shape index (κ3) is 2.14. The molecule has 0 heterocycles. The van der Waals surface area contributed by atoms with Crippen LogP contribution in [0.1, 0.15) is 6.42 Å². The van der Waals surface area contributed by atoms with Crippen LogP contribution in [0.3, 0.4) is 0 Å². The zero-order valence-corrected chi connectivity index (χ0v) is 11.1. The maximum absolute atomic E-state index is 13.8. The third-order valence-electron chi connectivity index (χ3n) is 3.28. The van der Waals surface area contributed by atoms with Gasteiger partial charge in [-0.1, -0.05) is 0 Å². The number of rotatable bonds is 3. The smallest absolute Gasteiger partial charge is 0.286 e. The largest absolute Gasteiger partial charge is 0.384 e. The van der Waals surface area contributed by atoms with Crippen molar-refractivity contribution in [1.82, 2.24) is 0 Å². The monoisotopic (exact) mass is 390 g/mol. The Labute approximate surface area is 120 Å². The first kappa shape index (κ1) is 20.2. The van der Waals surface area contributed by atoms with Gasteiger partial charge in [0.2, 0.25) is 0 Å². The zero-order valence-electron chi connectivity index (χ0n) is 10.2. The van der Waals surface area contributed by atoms with Gasteiger partial charge in [-0.2, -0.15) is 52.3 Å². The molecule has 0 amide bonds. The van der Waals surface area contributed by atoms with Crippen LogP contribution in [0.2, 0.25) is 0 Å². The molecule has 0 unspecified atom stereocenters. The van der Waals surface area contributed by atoms with E-state index in [9.17, 15) is 56.7 Å². The number of alkyl halides is 11. The minimum absolute atomic E-state index is 2.42. The highest BCUT2D eigenvalue weighted by Gasteiger charge is 3.00. The predicted octanol–water partition coefficient (Wildman–Crippen LogP) is 3.16. The van der Waals surface area contributed by atoms with Crippen molar-refractivity contribution < 1.29 is 61.3 Å². The van der Waals surface area contributed by atoms with Gasteiger partial charge in [-0.3, -0.25) is 4.55 Å². The van der Waals surface area contributed by atoms with Gasteiger partial charge in [-0.25, -0.2) is 4.39 Å². The normalized spacial score (nSPS) is 29.9. The summed E-state index contributed by atoms with van der Waals surface area (Å²) in [5.41, 5.74) is -6.38. The van der Waals surface area contributed by atoms with Crippen LogP contribution in [0.25, 0.3) is 0 Å². The summed E-state index contributed by atoms with van der Waals surface area (Å²) in [7, 11) is -5.55. The summed E-state index contributed by atoms with van der Waals surface area (Å²) in [4.78, 5) is 0. The summed E-state index contributed by atoms with van der Waals surface area (Å²) in [5.74, 6) is -38.5. The van der Waals surface area contributed by atoms with E-state index in [-0.39, 0.29) is 0 Å². The molecule has 1 N–H and O–H groups in total. The Morgan fingerprint density at radius 2 is 0.870 bits per heavy atom. The summed E-state index contributed by atoms with van der Waals surface area (Å²) in [6, 6.07) is 0. The molecule has 1 fully saturated rings. The van der Waals surface area contributed by atoms with Crippen molar-refractivity contribution in [1.29, 1.82) is 0 Å². The molecule has 0 radical (unpaired) electrons. The Bertz CT molecular complexity index is 566. The molecule has 0 aromatic carbocycles. The molecular weight excluding hydrogens is 385 g/mol. The lowest BCUT2D eigenvalue weighted by molar-refractivity contribution is -0.485. The van der Waals surface area contributed by atoms with Crippen molar-refractivity contribution in [2.75, 3.05) is 5.75 Å². The Morgan fingerprint density at radius 3 is 1.13 bits per heavy atom. The number of hydrogen-bond acceptors (Lipinski definition) is 2. The highest BCUT2D eigenvalue weighted by molar-refractivity contribution is 7.85. The van der Waals surface area contributed by atoms with Crippen molar-refractivity contribution in [3.63, 3.8) is 0 Å². The highest BCUT2D eigenvalue weighted by Crippen LogP contribution is 2.70. The SMILES string of the molecule is O=S(=O)(O)CCC1(F)C(F)(F)C(F)(F)C(F)(F)C(F)(F)C1(F)F. The molecule has 0 aromatic heterocycles. The van der Waals surface area contributed by atoms with Gasteiger partial charge in [0.25, 0.3) is 15.8 Å². The standard InChI is InChI=1S/C8H5F11O3S/c9-3(1-2-23(20,21)22)4(10,11)6(14,15)8(18,19)7(16,17)5(3,12)13/h1-2H2,(H,20,21,22). The summed E-state index contributed by atoms with van der Waals surface area (Å²) in [6.07, 6.45) is -2.99. The predicted molar refractivity (Wildman–Crippen MR) is 49.6 cm³/mol. The van der Waals surface area contributed by atoms with E-state index in [1.165, 1.54) is 0 Å².